The zero-order chi connectivity index (χ0) is 13.5. The van der Waals surface area contributed by atoms with E-state index in [1.165, 1.54) is 0 Å². The van der Waals surface area contributed by atoms with Gasteiger partial charge in [-0.1, -0.05) is 18.5 Å². The average Bonchev–Trinajstić information content (AvgIpc) is 2.38. The summed E-state index contributed by atoms with van der Waals surface area (Å²) in [6.45, 7) is 1.78. The van der Waals surface area contributed by atoms with E-state index in [4.69, 9.17) is 21.4 Å². The number of carbonyl (C=O) groups is 1. The standard InChI is InChI=1S/C12H17ClN2O3/c1-3-8(7-16)14-12(17)15-11-5-4-9(18-2)6-10(11)13/h4-6,8,16H,3,7H2,1-2H3,(H2,14,15,17). The summed E-state index contributed by atoms with van der Waals surface area (Å²) in [6, 6.07) is 4.30. The molecule has 1 rings (SSSR count). The molecule has 0 aromatic heterocycles. The first-order valence-corrected chi connectivity index (χ1v) is 6.00. The van der Waals surface area contributed by atoms with Gasteiger partial charge in [0.25, 0.3) is 0 Å². The van der Waals surface area contributed by atoms with Crippen molar-refractivity contribution >= 4 is 23.3 Å². The average molecular weight is 273 g/mol. The summed E-state index contributed by atoms with van der Waals surface area (Å²) < 4.78 is 5.01. The van der Waals surface area contributed by atoms with Crippen molar-refractivity contribution in [3.8, 4) is 5.75 Å². The summed E-state index contributed by atoms with van der Waals surface area (Å²) in [4.78, 5) is 11.6. The second-order valence-electron chi connectivity index (χ2n) is 3.73. The fourth-order valence-electron chi connectivity index (χ4n) is 1.34. The van der Waals surface area contributed by atoms with Gasteiger partial charge < -0.3 is 20.5 Å². The van der Waals surface area contributed by atoms with Gasteiger partial charge in [-0.15, -0.1) is 0 Å². The van der Waals surface area contributed by atoms with E-state index >= 15 is 0 Å². The van der Waals surface area contributed by atoms with Crippen molar-refractivity contribution in [1.82, 2.24) is 5.32 Å². The van der Waals surface area contributed by atoms with Crippen LogP contribution in [-0.4, -0.2) is 30.9 Å². The molecule has 1 unspecified atom stereocenters. The zero-order valence-electron chi connectivity index (χ0n) is 10.4. The number of halogens is 1. The van der Waals surface area contributed by atoms with E-state index in [1.54, 1.807) is 25.3 Å². The molecule has 0 aliphatic carbocycles. The Bertz CT molecular complexity index is 408. The van der Waals surface area contributed by atoms with E-state index in [0.717, 1.165) is 0 Å². The normalized spacial score (nSPS) is 11.8. The summed E-state index contributed by atoms with van der Waals surface area (Å²) >= 11 is 5.98. The SMILES string of the molecule is CCC(CO)NC(=O)Nc1ccc(OC)cc1Cl. The summed E-state index contributed by atoms with van der Waals surface area (Å²) in [6.07, 6.45) is 0.653. The lowest BCUT2D eigenvalue weighted by Gasteiger charge is -2.15. The van der Waals surface area contributed by atoms with Crippen LogP contribution in [0.1, 0.15) is 13.3 Å². The second-order valence-corrected chi connectivity index (χ2v) is 4.14. The predicted octanol–water partition coefficient (Wildman–Crippen LogP) is 2.24. The molecule has 0 spiro atoms. The monoisotopic (exact) mass is 272 g/mol. The fourth-order valence-corrected chi connectivity index (χ4v) is 1.56. The highest BCUT2D eigenvalue weighted by Crippen LogP contribution is 2.26. The number of hydrogen-bond acceptors (Lipinski definition) is 3. The summed E-state index contributed by atoms with van der Waals surface area (Å²) in [5.41, 5.74) is 0.489. The minimum atomic E-state index is -0.400. The molecule has 0 radical (unpaired) electrons. The lowest BCUT2D eigenvalue weighted by atomic mass is 10.2. The maximum absolute atomic E-state index is 11.6. The van der Waals surface area contributed by atoms with E-state index in [-0.39, 0.29) is 12.6 Å². The Labute approximate surface area is 111 Å². The smallest absolute Gasteiger partial charge is 0.319 e. The van der Waals surface area contributed by atoms with Gasteiger partial charge in [0.2, 0.25) is 0 Å². The number of amides is 2. The van der Waals surface area contributed by atoms with Gasteiger partial charge in [-0.05, 0) is 18.6 Å². The van der Waals surface area contributed by atoms with Crippen LogP contribution < -0.4 is 15.4 Å². The number of ether oxygens (including phenoxy) is 1. The first-order chi connectivity index (χ1) is 8.60. The molecule has 3 N–H and O–H groups in total. The molecule has 0 saturated heterocycles. The number of aliphatic hydroxyl groups is 1. The van der Waals surface area contributed by atoms with Crippen LogP contribution in [-0.2, 0) is 0 Å². The van der Waals surface area contributed by atoms with Crippen molar-refractivity contribution in [3.05, 3.63) is 23.2 Å². The maximum Gasteiger partial charge on any atom is 0.319 e. The van der Waals surface area contributed by atoms with Gasteiger partial charge in [0.1, 0.15) is 5.75 Å². The van der Waals surface area contributed by atoms with Crippen LogP contribution in [0.15, 0.2) is 18.2 Å². The molecule has 0 fully saturated rings. The third-order valence-electron chi connectivity index (χ3n) is 2.47. The van der Waals surface area contributed by atoms with E-state index in [2.05, 4.69) is 10.6 Å². The van der Waals surface area contributed by atoms with E-state index in [1.807, 2.05) is 6.92 Å². The number of aliphatic hydroxyl groups excluding tert-OH is 1. The van der Waals surface area contributed by atoms with Gasteiger partial charge in [-0.2, -0.15) is 0 Å². The van der Waals surface area contributed by atoms with Crippen molar-refractivity contribution in [2.75, 3.05) is 19.0 Å². The molecular weight excluding hydrogens is 256 g/mol. The molecule has 0 aliphatic rings. The summed E-state index contributed by atoms with van der Waals surface area (Å²) in [7, 11) is 1.54. The topological polar surface area (TPSA) is 70.6 Å². The Balaban J connectivity index is 2.64. The summed E-state index contributed by atoms with van der Waals surface area (Å²) in [5, 5.41) is 14.6. The Morgan fingerprint density at radius 2 is 2.28 bits per heavy atom. The summed E-state index contributed by atoms with van der Waals surface area (Å²) in [5.74, 6) is 0.618. The highest BCUT2D eigenvalue weighted by Gasteiger charge is 2.10. The molecule has 1 aromatic rings. The maximum atomic E-state index is 11.6. The first kappa shape index (κ1) is 14.6. The van der Waals surface area contributed by atoms with Crippen LogP contribution in [0, 0.1) is 0 Å². The van der Waals surface area contributed by atoms with Gasteiger partial charge in [-0.3, -0.25) is 0 Å². The molecule has 2 amide bonds. The third kappa shape index (κ3) is 4.09. The molecule has 0 heterocycles. The Kier molecular flexibility index (Phi) is 5.74. The predicted molar refractivity (Wildman–Crippen MR) is 71.3 cm³/mol. The Morgan fingerprint density at radius 3 is 2.78 bits per heavy atom. The van der Waals surface area contributed by atoms with Crippen molar-refractivity contribution in [2.24, 2.45) is 0 Å². The number of urea groups is 1. The molecular formula is C12H17ClN2O3. The van der Waals surface area contributed by atoms with Crippen LogP contribution in [0.25, 0.3) is 0 Å². The van der Waals surface area contributed by atoms with E-state index in [9.17, 15) is 4.79 Å². The number of carbonyl (C=O) groups excluding carboxylic acids is 1. The minimum Gasteiger partial charge on any atom is -0.497 e. The van der Waals surface area contributed by atoms with Crippen molar-refractivity contribution in [1.29, 1.82) is 0 Å². The molecule has 0 saturated carbocycles. The van der Waals surface area contributed by atoms with Gasteiger partial charge >= 0.3 is 6.03 Å². The minimum absolute atomic E-state index is 0.0970. The molecule has 0 bridgehead atoms. The molecule has 0 aliphatic heterocycles. The largest absolute Gasteiger partial charge is 0.497 e. The lowest BCUT2D eigenvalue weighted by molar-refractivity contribution is 0.222. The van der Waals surface area contributed by atoms with Crippen molar-refractivity contribution < 1.29 is 14.6 Å². The molecule has 18 heavy (non-hydrogen) atoms. The van der Waals surface area contributed by atoms with Crippen LogP contribution in [0.5, 0.6) is 5.75 Å². The van der Waals surface area contributed by atoms with Gasteiger partial charge in [0.15, 0.2) is 0 Å². The number of methoxy groups -OCH3 is 1. The molecule has 5 nitrogen and oxygen atoms in total. The fraction of sp³-hybridized carbons (Fsp3) is 0.417. The number of rotatable bonds is 5. The van der Waals surface area contributed by atoms with Gasteiger partial charge in [-0.25, -0.2) is 4.79 Å². The quantitative estimate of drug-likeness (QED) is 0.770. The highest BCUT2D eigenvalue weighted by atomic mass is 35.5. The van der Waals surface area contributed by atoms with Crippen LogP contribution in [0.4, 0.5) is 10.5 Å². The third-order valence-corrected chi connectivity index (χ3v) is 2.79. The van der Waals surface area contributed by atoms with E-state index in [0.29, 0.717) is 22.9 Å². The molecule has 6 heteroatoms. The van der Waals surface area contributed by atoms with E-state index < -0.39 is 6.03 Å². The Morgan fingerprint density at radius 1 is 1.56 bits per heavy atom. The number of nitrogens with one attached hydrogen (secondary N) is 2. The molecule has 1 atom stereocenters. The molecule has 1 aromatic carbocycles. The van der Waals surface area contributed by atoms with Gasteiger partial charge in [0, 0.05) is 6.07 Å². The van der Waals surface area contributed by atoms with Gasteiger partial charge in [0.05, 0.1) is 30.5 Å². The Hall–Kier alpha value is -1.46. The lowest BCUT2D eigenvalue weighted by Crippen LogP contribution is -2.39. The van der Waals surface area contributed by atoms with Crippen LogP contribution in [0.3, 0.4) is 0 Å². The second kappa shape index (κ2) is 7.08. The van der Waals surface area contributed by atoms with Crippen LogP contribution in [0.2, 0.25) is 5.02 Å². The first-order valence-electron chi connectivity index (χ1n) is 5.62. The number of benzene rings is 1. The van der Waals surface area contributed by atoms with Crippen molar-refractivity contribution in [2.45, 2.75) is 19.4 Å². The van der Waals surface area contributed by atoms with Crippen molar-refractivity contribution in [3.63, 3.8) is 0 Å². The number of anilines is 1. The molecule has 100 valence electrons. The highest BCUT2D eigenvalue weighted by molar-refractivity contribution is 6.33. The van der Waals surface area contributed by atoms with Crippen LogP contribution >= 0.6 is 11.6 Å². The number of hydrogen-bond donors (Lipinski definition) is 3. The zero-order valence-corrected chi connectivity index (χ0v) is 11.1.